The molecule has 0 aliphatic rings. The fourth-order valence-electron chi connectivity index (χ4n) is 2.04. The van der Waals surface area contributed by atoms with Crippen molar-refractivity contribution in [1.29, 1.82) is 0 Å². The number of benzene rings is 1. The summed E-state index contributed by atoms with van der Waals surface area (Å²) in [7, 11) is 0. The number of ether oxygens (including phenoxy) is 1. The van der Waals surface area contributed by atoms with Gasteiger partial charge in [-0.1, -0.05) is 12.1 Å². The fourth-order valence-corrected chi connectivity index (χ4v) is 2.04. The second-order valence-electron chi connectivity index (χ2n) is 4.85. The first-order chi connectivity index (χ1) is 11.3. The minimum Gasteiger partial charge on any atom is -0.492 e. The van der Waals surface area contributed by atoms with Crippen LogP contribution in [0.1, 0.15) is 10.5 Å². The van der Waals surface area contributed by atoms with Crippen molar-refractivity contribution in [2.75, 3.05) is 11.9 Å². The Kier molecular flexibility index (Phi) is 4.63. The van der Waals surface area contributed by atoms with Crippen LogP contribution in [-0.4, -0.2) is 27.0 Å². The number of carbonyl (C=O) groups excluding carboxylic acids is 1. The Morgan fingerprint density at radius 2 is 2.13 bits per heavy atom. The van der Waals surface area contributed by atoms with Crippen LogP contribution >= 0.6 is 0 Å². The Morgan fingerprint density at radius 3 is 2.91 bits per heavy atom. The van der Waals surface area contributed by atoms with Crippen LogP contribution in [0.25, 0.3) is 0 Å². The van der Waals surface area contributed by atoms with Crippen molar-refractivity contribution >= 4 is 11.6 Å². The van der Waals surface area contributed by atoms with E-state index >= 15 is 0 Å². The SMILES string of the molecule is O=C(Nc1cccc(OCCn2ccnc2)c1)c1ccccn1. The number of nitrogens with zero attached hydrogens (tertiary/aromatic N) is 3. The maximum Gasteiger partial charge on any atom is 0.274 e. The number of hydrogen-bond donors (Lipinski definition) is 1. The molecule has 0 bridgehead atoms. The number of nitrogens with one attached hydrogen (secondary N) is 1. The van der Waals surface area contributed by atoms with Crippen molar-refractivity contribution in [3.8, 4) is 5.75 Å². The highest BCUT2D eigenvalue weighted by Crippen LogP contribution is 2.18. The van der Waals surface area contributed by atoms with Gasteiger partial charge in [0.1, 0.15) is 18.1 Å². The highest BCUT2D eigenvalue weighted by atomic mass is 16.5. The van der Waals surface area contributed by atoms with E-state index in [-0.39, 0.29) is 5.91 Å². The van der Waals surface area contributed by atoms with Crippen LogP contribution in [-0.2, 0) is 6.54 Å². The number of amides is 1. The van der Waals surface area contributed by atoms with Crippen LogP contribution in [0.3, 0.4) is 0 Å². The summed E-state index contributed by atoms with van der Waals surface area (Å²) in [5.74, 6) is 0.449. The first-order valence-electron chi connectivity index (χ1n) is 7.22. The second kappa shape index (κ2) is 7.22. The number of rotatable bonds is 6. The number of aromatic nitrogens is 3. The summed E-state index contributed by atoms with van der Waals surface area (Å²) in [5, 5.41) is 2.81. The van der Waals surface area contributed by atoms with E-state index in [9.17, 15) is 4.79 Å². The summed E-state index contributed by atoms with van der Waals surface area (Å²) in [5.41, 5.74) is 1.04. The lowest BCUT2D eigenvalue weighted by Gasteiger charge is -2.09. The molecule has 3 rings (SSSR count). The van der Waals surface area contributed by atoms with Crippen molar-refractivity contribution < 1.29 is 9.53 Å². The predicted octanol–water partition coefficient (Wildman–Crippen LogP) is 2.61. The van der Waals surface area contributed by atoms with E-state index in [1.165, 1.54) is 0 Å². The number of anilines is 1. The third-order valence-corrected chi connectivity index (χ3v) is 3.17. The molecule has 0 spiro atoms. The molecule has 0 aliphatic carbocycles. The normalized spacial score (nSPS) is 10.3. The molecule has 3 aromatic rings. The lowest BCUT2D eigenvalue weighted by molar-refractivity contribution is 0.102. The van der Waals surface area contributed by atoms with Gasteiger partial charge in [-0.3, -0.25) is 9.78 Å². The number of hydrogen-bond acceptors (Lipinski definition) is 4. The van der Waals surface area contributed by atoms with Crippen LogP contribution in [0.15, 0.2) is 67.4 Å². The van der Waals surface area contributed by atoms with Gasteiger partial charge in [0.15, 0.2) is 0 Å². The maximum atomic E-state index is 12.1. The van der Waals surface area contributed by atoms with Crippen LogP contribution in [0.4, 0.5) is 5.69 Å². The molecule has 23 heavy (non-hydrogen) atoms. The summed E-state index contributed by atoms with van der Waals surface area (Å²) >= 11 is 0. The van der Waals surface area contributed by atoms with Gasteiger partial charge >= 0.3 is 0 Å². The lowest BCUT2D eigenvalue weighted by Crippen LogP contribution is -2.13. The molecule has 2 aromatic heterocycles. The Bertz CT molecular complexity index is 757. The van der Waals surface area contributed by atoms with Crippen LogP contribution in [0.5, 0.6) is 5.75 Å². The molecular formula is C17H16N4O2. The van der Waals surface area contributed by atoms with Crippen molar-refractivity contribution in [3.05, 3.63) is 73.1 Å². The summed E-state index contributed by atoms with van der Waals surface area (Å²) < 4.78 is 7.63. The topological polar surface area (TPSA) is 69.0 Å². The Balaban J connectivity index is 1.57. The molecule has 0 saturated heterocycles. The number of imidazole rings is 1. The summed E-state index contributed by atoms with van der Waals surface area (Å²) in [6, 6.07) is 12.5. The van der Waals surface area contributed by atoms with Gasteiger partial charge in [0.2, 0.25) is 0 Å². The van der Waals surface area contributed by atoms with Crippen molar-refractivity contribution in [2.24, 2.45) is 0 Å². The average Bonchev–Trinajstić information content (AvgIpc) is 3.09. The van der Waals surface area contributed by atoms with Gasteiger partial charge in [-0.25, -0.2) is 4.98 Å². The molecule has 0 unspecified atom stereocenters. The highest BCUT2D eigenvalue weighted by molar-refractivity contribution is 6.02. The Labute approximate surface area is 133 Å². The molecule has 0 aliphatic heterocycles. The minimum atomic E-state index is -0.249. The van der Waals surface area contributed by atoms with Crippen LogP contribution in [0, 0.1) is 0 Å². The summed E-state index contributed by atoms with van der Waals surface area (Å²) in [4.78, 5) is 20.1. The molecule has 1 aromatic carbocycles. The molecule has 6 nitrogen and oxygen atoms in total. The van der Waals surface area contributed by atoms with E-state index in [2.05, 4.69) is 15.3 Å². The van der Waals surface area contributed by atoms with Crippen molar-refractivity contribution in [3.63, 3.8) is 0 Å². The standard InChI is InChI=1S/C17H16N4O2/c22-17(16-6-1-2-7-19-16)20-14-4-3-5-15(12-14)23-11-10-21-9-8-18-13-21/h1-9,12-13H,10-11H2,(H,20,22). The second-order valence-corrected chi connectivity index (χ2v) is 4.85. The Morgan fingerprint density at radius 1 is 1.17 bits per heavy atom. The molecule has 0 fully saturated rings. The van der Waals surface area contributed by atoms with Crippen LogP contribution < -0.4 is 10.1 Å². The third-order valence-electron chi connectivity index (χ3n) is 3.17. The van der Waals surface area contributed by atoms with E-state index in [0.717, 1.165) is 0 Å². The van der Waals surface area contributed by atoms with Gasteiger partial charge in [-0.2, -0.15) is 0 Å². The van der Waals surface area contributed by atoms with Crippen molar-refractivity contribution in [1.82, 2.24) is 14.5 Å². The van der Waals surface area contributed by atoms with Gasteiger partial charge in [0.05, 0.1) is 12.9 Å². The number of pyridine rings is 1. The van der Waals surface area contributed by atoms with Gasteiger partial charge in [0.25, 0.3) is 5.91 Å². The first-order valence-corrected chi connectivity index (χ1v) is 7.22. The predicted molar refractivity (Wildman–Crippen MR) is 86.4 cm³/mol. The Hall–Kier alpha value is -3.15. The quantitative estimate of drug-likeness (QED) is 0.760. The largest absolute Gasteiger partial charge is 0.492 e. The van der Waals surface area contributed by atoms with E-state index in [4.69, 9.17) is 4.74 Å². The average molecular weight is 308 g/mol. The minimum absolute atomic E-state index is 0.249. The zero-order valence-corrected chi connectivity index (χ0v) is 12.4. The monoisotopic (exact) mass is 308 g/mol. The van der Waals surface area contributed by atoms with Gasteiger partial charge in [-0.05, 0) is 24.3 Å². The molecule has 0 atom stereocenters. The molecular weight excluding hydrogens is 292 g/mol. The molecule has 0 radical (unpaired) electrons. The molecule has 2 heterocycles. The lowest BCUT2D eigenvalue weighted by atomic mass is 10.2. The zero-order valence-electron chi connectivity index (χ0n) is 12.4. The van der Waals surface area contributed by atoms with E-state index in [0.29, 0.717) is 30.3 Å². The smallest absolute Gasteiger partial charge is 0.274 e. The number of carbonyl (C=O) groups is 1. The molecule has 0 saturated carbocycles. The van der Waals surface area contributed by atoms with Gasteiger partial charge in [-0.15, -0.1) is 0 Å². The van der Waals surface area contributed by atoms with Gasteiger partial charge < -0.3 is 14.6 Å². The van der Waals surface area contributed by atoms with E-state index < -0.39 is 0 Å². The van der Waals surface area contributed by atoms with Crippen molar-refractivity contribution in [2.45, 2.75) is 6.54 Å². The van der Waals surface area contributed by atoms with E-state index in [1.807, 2.05) is 29.0 Å². The van der Waals surface area contributed by atoms with Gasteiger partial charge in [0, 0.05) is 30.3 Å². The first kappa shape index (κ1) is 14.8. The zero-order chi connectivity index (χ0) is 15.9. The molecule has 116 valence electrons. The fraction of sp³-hybridized carbons (Fsp3) is 0.118. The highest BCUT2D eigenvalue weighted by Gasteiger charge is 2.07. The maximum absolute atomic E-state index is 12.1. The third kappa shape index (κ3) is 4.16. The molecule has 6 heteroatoms. The summed E-state index contributed by atoms with van der Waals surface area (Å²) in [6.45, 7) is 1.23. The molecule has 1 amide bonds. The molecule has 1 N–H and O–H groups in total. The van der Waals surface area contributed by atoms with E-state index in [1.54, 1.807) is 43.0 Å². The summed E-state index contributed by atoms with van der Waals surface area (Å²) in [6.07, 6.45) is 6.94. The van der Waals surface area contributed by atoms with Crippen LogP contribution in [0.2, 0.25) is 0 Å².